The van der Waals surface area contributed by atoms with Gasteiger partial charge >= 0.3 is 0 Å². The summed E-state index contributed by atoms with van der Waals surface area (Å²) in [6.45, 7) is 4.00. The predicted octanol–water partition coefficient (Wildman–Crippen LogP) is 3.44. The summed E-state index contributed by atoms with van der Waals surface area (Å²) in [5.41, 5.74) is 6.18. The molecule has 0 atom stereocenters. The van der Waals surface area contributed by atoms with E-state index in [1.165, 1.54) is 12.5 Å². The predicted molar refractivity (Wildman–Crippen MR) is 86.3 cm³/mol. The second-order valence-corrected chi connectivity index (χ2v) is 3.67. The summed E-state index contributed by atoms with van der Waals surface area (Å²) < 4.78 is 9.96. The summed E-state index contributed by atoms with van der Waals surface area (Å²) in [5.74, 6) is 1.30. The monoisotopic (exact) mass is 300 g/mol. The van der Waals surface area contributed by atoms with E-state index in [0.717, 1.165) is 5.69 Å². The number of rotatable bonds is 2. The quantitative estimate of drug-likeness (QED) is 0.729. The summed E-state index contributed by atoms with van der Waals surface area (Å²) in [5, 5.41) is 0. The van der Waals surface area contributed by atoms with E-state index in [0.29, 0.717) is 17.6 Å². The third-order valence-corrected chi connectivity index (χ3v) is 2.26. The molecule has 0 unspecified atom stereocenters. The molecule has 0 fully saturated rings. The van der Waals surface area contributed by atoms with Gasteiger partial charge in [-0.2, -0.15) is 4.98 Å². The Balaban J connectivity index is 0.000000228. The molecule has 6 nitrogen and oxygen atoms in total. The van der Waals surface area contributed by atoms with Crippen LogP contribution in [0, 0.1) is 0 Å². The van der Waals surface area contributed by atoms with E-state index in [9.17, 15) is 0 Å². The van der Waals surface area contributed by atoms with Gasteiger partial charge in [0.1, 0.15) is 6.26 Å². The number of benzene rings is 1. The van der Waals surface area contributed by atoms with Gasteiger partial charge in [-0.1, -0.05) is 32.0 Å². The highest BCUT2D eigenvalue weighted by atomic mass is 16.5. The van der Waals surface area contributed by atoms with Crippen LogP contribution in [-0.2, 0) is 0 Å². The lowest BCUT2D eigenvalue weighted by Gasteiger charge is -1.97. The average molecular weight is 300 g/mol. The number of methoxy groups -OCH3 is 1. The molecule has 0 aliphatic carbocycles. The van der Waals surface area contributed by atoms with Crippen LogP contribution in [0.15, 0.2) is 59.5 Å². The molecule has 116 valence electrons. The number of nitrogens with two attached hydrogens (primary N) is 1. The van der Waals surface area contributed by atoms with Gasteiger partial charge < -0.3 is 14.9 Å². The first kappa shape index (κ1) is 17.2. The molecule has 22 heavy (non-hydrogen) atoms. The van der Waals surface area contributed by atoms with Crippen molar-refractivity contribution in [2.75, 3.05) is 12.8 Å². The molecule has 3 aromatic rings. The molecular weight excluding hydrogens is 280 g/mol. The third kappa shape index (κ3) is 5.62. The van der Waals surface area contributed by atoms with Crippen molar-refractivity contribution in [2.45, 2.75) is 13.8 Å². The molecule has 0 saturated carbocycles. The van der Waals surface area contributed by atoms with Crippen LogP contribution in [0.1, 0.15) is 13.8 Å². The lowest BCUT2D eigenvalue weighted by molar-refractivity contribution is 0.396. The maximum Gasteiger partial charge on any atom is 0.264 e. The van der Waals surface area contributed by atoms with Crippen LogP contribution in [0.4, 0.5) is 5.69 Å². The number of hydrogen-bond donors (Lipinski definition) is 1. The molecule has 0 radical (unpaired) electrons. The minimum Gasteiger partial charge on any atom is -0.481 e. The lowest BCUT2D eigenvalue weighted by Crippen LogP contribution is -1.92. The first-order chi connectivity index (χ1) is 10.8. The van der Waals surface area contributed by atoms with Gasteiger partial charge in [0.05, 0.1) is 13.3 Å². The Labute approximate surface area is 130 Å². The largest absolute Gasteiger partial charge is 0.481 e. The topological polar surface area (TPSA) is 87.1 Å². The molecule has 1 aromatic carbocycles. The van der Waals surface area contributed by atoms with Gasteiger partial charge in [-0.05, 0) is 12.1 Å². The van der Waals surface area contributed by atoms with Crippen molar-refractivity contribution < 1.29 is 9.15 Å². The van der Waals surface area contributed by atoms with E-state index in [-0.39, 0.29) is 0 Å². The minimum absolute atomic E-state index is 0.388. The molecule has 0 saturated heterocycles. The molecule has 2 N–H and O–H groups in total. The third-order valence-electron chi connectivity index (χ3n) is 2.26. The fraction of sp³-hybridized carbons (Fsp3) is 0.188. The molecule has 6 heteroatoms. The van der Waals surface area contributed by atoms with E-state index in [4.69, 9.17) is 14.9 Å². The highest BCUT2D eigenvalue weighted by Gasteiger charge is 2.06. The number of anilines is 1. The first-order valence-corrected chi connectivity index (χ1v) is 6.87. The molecular formula is C16H20N4O2. The van der Waals surface area contributed by atoms with Gasteiger partial charge in [0.2, 0.25) is 11.7 Å². The van der Waals surface area contributed by atoms with Crippen LogP contribution in [-0.4, -0.2) is 22.1 Å². The lowest BCUT2D eigenvalue weighted by atomic mass is 10.3. The van der Waals surface area contributed by atoms with Crippen LogP contribution in [0.2, 0.25) is 0 Å². The number of aromatic nitrogens is 3. The fourth-order valence-electron chi connectivity index (χ4n) is 1.35. The van der Waals surface area contributed by atoms with Gasteiger partial charge in [0, 0.05) is 18.0 Å². The normalized spacial score (nSPS) is 8.86. The number of hydrogen-bond acceptors (Lipinski definition) is 6. The summed E-state index contributed by atoms with van der Waals surface area (Å²) in [7, 11) is 1.54. The second kappa shape index (κ2) is 9.93. The molecule has 0 bridgehead atoms. The highest BCUT2D eigenvalue weighted by molar-refractivity contribution is 5.40. The molecule has 0 spiro atoms. The van der Waals surface area contributed by atoms with E-state index < -0.39 is 0 Å². The summed E-state index contributed by atoms with van der Waals surface area (Å²) in [6, 6.07) is 11.1. The van der Waals surface area contributed by atoms with Gasteiger partial charge in [-0.25, -0.2) is 9.97 Å². The Morgan fingerprint density at radius 2 is 1.73 bits per heavy atom. The van der Waals surface area contributed by atoms with Crippen LogP contribution in [0.5, 0.6) is 5.88 Å². The number of oxazole rings is 1. The van der Waals surface area contributed by atoms with E-state index >= 15 is 0 Å². The Bertz CT molecular complexity index is 628. The Hall–Kier alpha value is -2.89. The van der Waals surface area contributed by atoms with Crippen LogP contribution >= 0.6 is 0 Å². The Morgan fingerprint density at radius 1 is 1.00 bits per heavy atom. The van der Waals surface area contributed by atoms with Crippen molar-refractivity contribution in [3.05, 3.63) is 55.1 Å². The summed E-state index contributed by atoms with van der Waals surface area (Å²) in [6.07, 6.45) is 4.60. The van der Waals surface area contributed by atoms with Crippen molar-refractivity contribution in [1.82, 2.24) is 15.0 Å². The SMILES string of the molecule is CC.COc1ccnc(-c2ncco2)n1.Nc1ccccc1. The maximum atomic E-state index is 5.36. The van der Waals surface area contributed by atoms with Crippen molar-refractivity contribution >= 4 is 5.69 Å². The smallest absolute Gasteiger partial charge is 0.264 e. The maximum absolute atomic E-state index is 5.36. The molecule has 3 rings (SSSR count). The highest BCUT2D eigenvalue weighted by Crippen LogP contribution is 2.13. The van der Waals surface area contributed by atoms with Crippen molar-refractivity contribution in [3.8, 4) is 17.6 Å². The van der Waals surface area contributed by atoms with Crippen LogP contribution in [0.25, 0.3) is 11.7 Å². The number of para-hydroxylation sites is 1. The second-order valence-electron chi connectivity index (χ2n) is 3.67. The van der Waals surface area contributed by atoms with Gasteiger partial charge in [0.25, 0.3) is 5.89 Å². The molecule has 2 aromatic heterocycles. The molecule has 0 amide bonds. The van der Waals surface area contributed by atoms with Crippen LogP contribution < -0.4 is 10.5 Å². The average Bonchev–Trinajstić information content (AvgIpc) is 3.13. The number of ether oxygens (including phenoxy) is 1. The molecule has 0 aliphatic rings. The zero-order chi connectivity index (χ0) is 16.2. The molecule has 0 aliphatic heterocycles. The van der Waals surface area contributed by atoms with E-state index in [1.54, 1.807) is 19.4 Å². The van der Waals surface area contributed by atoms with Crippen LogP contribution in [0.3, 0.4) is 0 Å². The first-order valence-electron chi connectivity index (χ1n) is 6.87. The van der Waals surface area contributed by atoms with Crippen molar-refractivity contribution in [1.29, 1.82) is 0 Å². The summed E-state index contributed by atoms with van der Waals surface area (Å²) in [4.78, 5) is 11.9. The Kier molecular flexibility index (Phi) is 7.74. The zero-order valence-corrected chi connectivity index (χ0v) is 12.9. The van der Waals surface area contributed by atoms with E-state index in [2.05, 4.69) is 15.0 Å². The fourth-order valence-corrected chi connectivity index (χ4v) is 1.35. The standard InChI is InChI=1S/C8H7N3O2.C6H7N.C2H6/c1-12-6-2-3-9-7(11-6)8-10-4-5-13-8;7-6-4-2-1-3-5-6;1-2/h2-5H,1H3;1-5H,7H2;1-2H3. The zero-order valence-electron chi connectivity index (χ0n) is 12.9. The van der Waals surface area contributed by atoms with Gasteiger partial charge in [-0.3, -0.25) is 0 Å². The molecule has 2 heterocycles. The summed E-state index contributed by atoms with van der Waals surface area (Å²) >= 11 is 0. The minimum atomic E-state index is 0.388. The van der Waals surface area contributed by atoms with Gasteiger partial charge in [0.15, 0.2) is 0 Å². The van der Waals surface area contributed by atoms with Gasteiger partial charge in [-0.15, -0.1) is 0 Å². The number of nitrogen functional groups attached to an aromatic ring is 1. The van der Waals surface area contributed by atoms with E-state index in [1.807, 2.05) is 44.2 Å². The van der Waals surface area contributed by atoms with Crippen molar-refractivity contribution in [3.63, 3.8) is 0 Å². The number of nitrogens with zero attached hydrogens (tertiary/aromatic N) is 3. The van der Waals surface area contributed by atoms with Crippen molar-refractivity contribution in [2.24, 2.45) is 0 Å². The Morgan fingerprint density at radius 3 is 2.23 bits per heavy atom.